The van der Waals surface area contributed by atoms with Crippen molar-refractivity contribution in [2.45, 2.75) is 51.2 Å². The van der Waals surface area contributed by atoms with Crippen molar-refractivity contribution in [1.82, 2.24) is 9.27 Å². The van der Waals surface area contributed by atoms with Crippen LogP contribution in [0.3, 0.4) is 0 Å². The van der Waals surface area contributed by atoms with Gasteiger partial charge in [-0.2, -0.15) is 17.5 Å². The van der Waals surface area contributed by atoms with Crippen LogP contribution in [0, 0.1) is 0 Å². The van der Waals surface area contributed by atoms with Crippen LogP contribution in [0.25, 0.3) is 11.3 Å². The third kappa shape index (κ3) is 6.21. The number of amides is 2. The summed E-state index contributed by atoms with van der Waals surface area (Å²) in [5.41, 5.74) is -0.745. The van der Waals surface area contributed by atoms with E-state index >= 15 is 0 Å². The summed E-state index contributed by atoms with van der Waals surface area (Å²) in [6.45, 7) is 11.7. The predicted molar refractivity (Wildman–Crippen MR) is 150 cm³/mol. The third-order valence-corrected chi connectivity index (χ3v) is 12.8. The van der Waals surface area contributed by atoms with Gasteiger partial charge in [-0.05, 0) is 47.9 Å². The van der Waals surface area contributed by atoms with Crippen LogP contribution in [-0.4, -0.2) is 48.6 Å². The average molecular weight is 596 g/mol. The van der Waals surface area contributed by atoms with Crippen molar-refractivity contribution in [3.63, 3.8) is 0 Å². The molecule has 0 saturated carbocycles. The van der Waals surface area contributed by atoms with Crippen molar-refractivity contribution in [3.05, 3.63) is 69.6 Å². The van der Waals surface area contributed by atoms with Crippen molar-refractivity contribution in [2.75, 3.05) is 18.4 Å². The quantitative estimate of drug-likeness (QED) is 0.298. The highest BCUT2D eigenvalue weighted by molar-refractivity contribution is 7.08. The number of hydrogen-bond acceptors (Lipinski definition) is 5. The molecule has 0 spiro atoms. The van der Waals surface area contributed by atoms with Crippen LogP contribution in [0.2, 0.25) is 23.2 Å². The summed E-state index contributed by atoms with van der Waals surface area (Å²) in [4.78, 5) is 26.9. The summed E-state index contributed by atoms with van der Waals surface area (Å²) >= 11 is 6.83. The van der Waals surface area contributed by atoms with Crippen molar-refractivity contribution in [2.24, 2.45) is 0 Å². The molecule has 2 heterocycles. The first-order valence-corrected chi connectivity index (χ1v) is 16.3. The lowest BCUT2D eigenvalue weighted by atomic mass is 10.1. The van der Waals surface area contributed by atoms with Crippen LogP contribution < -0.4 is 5.32 Å². The summed E-state index contributed by atoms with van der Waals surface area (Å²) in [5.74, 6) is -1.24. The molecule has 1 fully saturated rings. The lowest BCUT2D eigenvalue weighted by Crippen LogP contribution is -2.59. The van der Waals surface area contributed by atoms with Gasteiger partial charge in [-0.15, -0.1) is 0 Å². The number of benzene rings is 2. The number of anilines is 1. The number of alkyl halides is 3. The van der Waals surface area contributed by atoms with Gasteiger partial charge < -0.3 is 14.6 Å². The smallest absolute Gasteiger partial charge is 0.410 e. The molecule has 4 rings (SSSR count). The second kappa shape index (κ2) is 10.7. The van der Waals surface area contributed by atoms with Crippen LogP contribution in [0.1, 0.15) is 46.4 Å². The maximum absolute atomic E-state index is 13.9. The van der Waals surface area contributed by atoms with E-state index in [0.717, 1.165) is 0 Å². The highest BCUT2D eigenvalue weighted by Crippen LogP contribution is 2.41. The summed E-state index contributed by atoms with van der Waals surface area (Å²) in [6, 6.07) is 12.1. The fourth-order valence-corrected chi connectivity index (χ4v) is 6.31. The van der Waals surface area contributed by atoms with Crippen LogP contribution in [-0.2, 0) is 10.6 Å². The summed E-state index contributed by atoms with van der Waals surface area (Å²) in [5, 5.41) is 2.59. The Hall–Kier alpha value is -2.73. The molecule has 0 aliphatic carbocycles. The largest absolute Gasteiger partial charge is 0.420 e. The summed E-state index contributed by atoms with van der Waals surface area (Å²) in [6.07, 6.45) is -4.82. The molecule has 208 valence electrons. The summed E-state index contributed by atoms with van der Waals surface area (Å²) in [7, 11) is -1.96. The maximum Gasteiger partial charge on any atom is 0.420 e. The van der Waals surface area contributed by atoms with Crippen molar-refractivity contribution >= 4 is 49.0 Å². The summed E-state index contributed by atoms with van der Waals surface area (Å²) < 4.78 is 52.1. The Morgan fingerprint density at radius 3 is 2.31 bits per heavy atom. The van der Waals surface area contributed by atoms with Crippen molar-refractivity contribution < 1.29 is 27.2 Å². The van der Waals surface area contributed by atoms with Crippen LogP contribution >= 0.6 is 23.1 Å². The van der Waals surface area contributed by atoms with E-state index in [1.807, 2.05) is 0 Å². The molecule has 1 aromatic heterocycles. The number of halogens is 4. The Kier molecular flexibility index (Phi) is 8.01. The van der Waals surface area contributed by atoms with E-state index in [1.165, 1.54) is 30.3 Å². The predicted octanol–water partition coefficient (Wildman–Crippen LogP) is 7.58. The molecular formula is C27H29ClF3N3O3SSi. The Balaban J connectivity index is 1.46. The molecule has 2 amide bonds. The van der Waals surface area contributed by atoms with Gasteiger partial charge >= 0.3 is 6.18 Å². The molecule has 3 aromatic rings. The van der Waals surface area contributed by atoms with Gasteiger partial charge in [-0.1, -0.05) is 62.7 Å². The van der Waals surface area contributed by atoms with Gasteiger partial charge in [0.2, 0.25) is 0 Å². The molecule has 1 N–H and O–H groups in total. The molecule has 1 saturated heterocycles. The van der Waals surface area contributed by atoms with Gasteiger partial charge in [-0.3, -0.25) is 9.59 Å². The van der Waals surface area contributed by atoms with Gasteiger partial charge in [0.25, 0.3) is 11.8 Å². The standard InChI is InChI=1S/C27H29ClF3N3O3SSi/c1-26(2,3)39(4,5)37-18-14-34(15-18)25(36)19-12-11-17(13-20(19)28)32-24(35)23-21(27(29,30)31)22(33-38-23)16-9-7-6-8-10-16/h6-13,18H,14-15H2,1-5H3,(H,32,35). The van der Waals surface area contributed by atoms with E-state index in [-0.39, 0.29) is 44.6 Å². The Bertz CT molecular complexity index is 1380. The van der Waals surface area contributed by atoms with Crippen LogP contribution in [0.15, 0.2) is 48.5 Å². The molecule has 0 unspecified atom stereocenters. The zero-order valence-corrected chi connectivity index (χ0v) is 24.7. The monoisotopic (exact) mass is 595 g/mol. The van der Waals surface area contributed by atoms with Crippen LogP contribution in [0.5, 0.6) is 0 Å². The van der Waals surface area contributed by atoms with Gasteiger partial charge in [-0.25, -0.2) is 0 Å². The third-order valence-electron chi connectivity index (χ3n) is 7.09. The number of carbonyl (C=O) groups is 2. The van der Waals surface area contributed by atoms with E-state index in [0.29, 0.717) is 24.6 Å². The highest BCUT2D eigenvalue weighted by Gasteiger charge is 2.43. The van der Waals surface area contributed by atoms with Crippen LogP contribution in [0.4, 0.5) is 18.9 Å². The number of likely N-dealkylation sites (tertiary alicyclic amines) is 1. The fraction of sp³-hybridized carbons (Fsp3) is 0.370. The topological polar surface area (TPSA) is 71.5 Å². The number of nitrogens with one attached hydrogen (secondary N) is 1. The Morgan fingerprint density at radius 2 is 1.74 bits per heavy atom. The van der Waals surface area contributed by atoms with E-state index in [2.05, 4.69) is 43.6 Å². The molecule has 0 radical (unpaired) electrons. The fourth-order valence-electron chi connectivity index (χ4n) is 3.90. The zero-order valence-electron chi connectivity index (χ0n) is 22.1. The molecule has 0 bridgehead atoms. The van der Waals surface area contributed by atoms with Gasteiger partial charge in [0.1, 0.15) is 10.4 Å². The molecule has 6 nitrogen and oxygen atoms in total. The highest BCUT2D eigenvalue weighted by atomic mass is 35.5. The minimum Gasteiger partial charge on any atom is -0.410 e. The first kappa shape index (κ1) is 29.3. The van der Waals surface area contributed by atoms with Gasteiger partial charge in [0.05, 0.1) is 22.4 Å². The SMILES string of the molecule is CC(C)(C)[Si](C)(C)OC1CN(C(=O)c2ccc(NC(=O)c3snc(-c4ccccc4)c3C(F)(F)F)cc2Cl)C1. The van der Waals surface area contributed by atoms with Gasteiger partial charge in [0.15, 0.2) is 8.32 Å². The molecule has 39 heavy (non-hydrogen) atoms. The minimum atomic E-state index is -4.79. The first-order valence-electron chi connectivity index (χ1n) is 12.3. The molecule has 1 aliphatic rings. The van der Waals surface area contributed by atoms with Crippen molar-refractivity contribution in [1.29, 1.82) is 0 Å². The number of aromatic nitrogens is 1. The lowest BCUT2D eigenvalue weighted by molar-refractivity contribution is -0.137. The van der Waals surface area contributed by atoms with E-state index in [4.69, 9.17) is 16.0 Å². The molecule has 0 atom stereocenters. The van der Waals surface area contributed by atoms with Gasteiger partial charge in [0, 0.05) is 24.3 Å². The van der Waals surface area contributed by atoms with E-state index in [9.17, 15) is 22.8 Å². The Labute approximate surface area is 235 Å². The van der Waals surface area contributed by atoms with E-state index in [1.54, 1.807) is 23.1 Å². The molecule has 12 heteroatoms. The number of nitrogens with zero attached hydrogens (tertiary/aromatic N) is 2. The van der Waals surface area contributed by atoms with E-state index < -0.39 is 30.8 Å². The zero-order chi connectivity index (χ0) is 28.8. The minimum absolute atomic E-state index is 0.0322. The maximum atomic E-state index is 13.9. The number of carbonyl (C=O) groups excluding carboxylic acids is 2. The number of hydrogen-bond donors (Lipinski definition) is 1. The molecule has 1 aliphatic heterocycles. The first-order chi connectivity index (χ1) is 18.1. The average Bonchev–Trinajstić information content (AvgIpc) is 3.27. The molecule has 2 aromatic carbocycles. The lowest BCUT2D eigenvalue weighted by Gasteiger charge is -2.46. The number of rotatable bonds is 6. The molecular weight excluding hydrogens is 567 g/mol. The Morgan fingerprint density at radius 1 is 1.10 bits per heavy atom. The second-order valence-electron chi connectivity index (χ2n) is 11.0. The normalized spacial score (nSPS) is 14.7. The van der Waals surface area contributed by atoms with Crippen molar-refractivity contribution in [3.8, 4) is 11.3 Å². The second-order valence-corrected chi connectivity index (χ2v) is 16.9.